The maximum atomic E-state index is 11.7. The second-order valence-electron chi connectivity index (χ2n) is 6.85. The van der Waals surface area contributed by atoms with Gasteiger partial charge in [0.1, 0.15) is 0 Å². The number of aromatic nitrogens is 1. The predicted molar refractivity (Wildman–Crippen MR) is 101 cm³/mol. The van der Waals surface area contributed by atoms with Gasteiger partial charge in [-0.3, -0.25) is 0 Å². The summed E-state index contributed by atoms with van der Waals surface area (Å²) in [6, 6.07) is 12.3. The Morgan fingerprint density at radius 3 is 2.75 bits per heavy atom. The summed E-state index contributed by atoms with van der Waals surface area (Å²) in [5.74, 6) is 0.764. The van der Waals surface area contributed by atoms with Gasteiger partial charge in [-0.1, -0.05) is 39.7 Å². The number of aryl methyl sites for hydroxylation is 1. The van der Waals surface area contributed by atoms with Gasteiger partial charge in [0.15, 0.2) is 11.9 Å². The molecule has 1 saturated heterocycles. The fourth-order valence-electron chi connectivity index (χ4n) is 3.52. The number of pyridine rings is 1. The van der Waals surface area contributed by atoms with Crippen LogP contribution in [0.3, 0.4) is 0 Å². The van der Waals surface area contributed by atoms with Crippen LogP contribution in [0.4, 0.5) is 0 Å². The van der Waals surface area contributed by atoms with Crippen molar-refractivity contribution in [2.45, 2.75) is 32.6 Å². The minimum absolute atomic E-state index is 0.764. The molecule has 24 heavy (non-hydrogen) atoms. The predicted octanol–water partition coefficient (Wildman–Crippen LogP) is 3.89. The van der Waals surface area contributed by atoms with Crippen LogP contribution in [0, 0.1) is 18.0 Å². The molecule has 0 atom stereocenters. The van der Waals surface area contributed by atoms with E-state index in [-0.39, 0.29) is 0 Å². The molecule has 2 heterocycles. The molecule has 0 unspecified atom stereocenters. The highest BCUT2D eigenvalue weighted by atomic mass is 79.9. The first-order valence-electron chi connectivity index (χ1n) is 8.76. The number of likely N-dealkylation sites (tertiary alicyclic amines) is 1. The average molecular weight is 389 g/mol. The summed E-state index contributed by atoms with van der Waals surface area (Å²) in [4.78, 5) is 2.49. The second kappa shape index (κ2) is 8.13. The summed E-state index contributed by atoms with van der Waals surface area (Å²) >= 11 is 3.68. The topological polar surface area (TPSA) is 30.2 Å². The highest BCUT2D eigenvalue weighted by molar-refractivity contribution is 9.10. The van der Waals surface area contributed by atoms with Crippen LogP contribution in [0.25, 0.3) is 0 Å². The second-order valence-corrected chi connectivity index (χ2v) is 7.71. The number of nitrogens with zero attached hydrogens (tertiary/aromatic N) is 2. The van der Waals surface area contributed by atoms with Crippen LogP contribution in [0.1, 0.15) is 29.7 Å². The lowest BCUT2D eigenvalue weighted by atomic mass is 9.89. The maximum absolute atomic E-state index is 11.7. The Morgan fingerprint density at radius 2 is 2.00 bits per heavy atom. The standard InChI is InChI=1S/C20H25BrN2O/c1-16-5-6-20(21)18(14-16)15-17-7-11-22(12-8-17)13-9-19-4-2-3-10-23(19)24/h2-6,10,14,17H,7-9,11-13,15H2,1H3. The van der Waals surface area contributed by atoms with Gasteiger partial charge >= 0.3 is 0 Å². The van der Waals surface area contributed by atoms with Gasteiger partial charge in [-0.2, -0.15) is 4.73 Å². The van der Waals surface area contributed by atoms with Crippen LogP contribution >= 0.6 is 15.9 Å². The zero-order valence-electron chi connectivity index (χ0n) is 14.2. The molecule has 4 heteroatoms. The van der Waals surface area contributed by atoms with Crippen LogP contribution in [0.5, 0.6) is 0 Å². The summed E-state index contributed by atoms with van der Waals surface area (Å²) in [6.45, 7) is 5.41. The van der Waals surface area contributed by atoms with Gasteiger partial charge < -0.3 is 10.1 Å². The molecule has 1 fully saturated rings. The van der Waals surface area contributed by atoms with Crippen LogP contribution in [-0.4, -0.2) is 24.5 Å². The lowest BCUT2D eigenvalue weighted by Crippen LogP contribution is -2.38. The Labute approximate surface area is 153 Å². The lowest BCUT2D eigenvalue weighted by Gasteiger charge is -2.32. The van der Waals surface area contributed by atoms with E-state index < -0.39 is 0 Å². The van der Waals surface area contributed by atoms with E-state index in [4.69, 9.17) is 0 Å². The quantitative estimate of drug-likeness (QED) is 0.574. The van der Waals surface area contributed by atoms with E-state index >= 15 is 0 Å². The van der Waals surface area contributed by atoms with Gasteiger partial charge in [-0.25, -0.2) is 0 Å². The summed E-state index contributed by atoms with van der Waals surface area (Å²) in [5, 5.41) is 11.7. The molecule has 0 radical (unpaired) electrons. The zero-order valence-corrected chi connectivity index (χ0v) is 15.8. The summed E-state index contributed by atoms with van der Waals surface area (Å²) in [7, 11) is 0. The molecule has 0 aliphatic carbocycles. The van der Waals surface area contributed by atoms with Gasteiger partial charge in [0.05, 0.1) is 0 Å². The van der Waals surface area contributed by atoms with E-state index in [1.165, 1.54) is 28.4 Å². The molecule has 1 aliphatic rings. The van der Waals surface area contributed by atoms with E-state index in [1.807, 2.05) is 12.1 Å². The smallest absolute Gasteiger partial charge is 0.194 e. The van der Waals surface area contributed by atoms with Crippen molar-refractivity contribution in [2.75, 3.05) is 19.6 Å². The molecule has 0 saturated carbocycles. The van der Waals surface area contributed by atoms with Crippen molar-refractivity contribution in [1.82, 2.24) is 4.90 Å². The third kappa shape index (κ3) is 4.58. The first-order valence-corrected chi connectivity index (χ1v) is 9.55. The van der Waals surface area contributed by atoms with Crippen molar-refractivity contribution in [3.05, 3.63) is 69.1 Å². The van der Waals surface area contributed by atoms with Crippen LogP contribution in [0.2, 0.25) is 0 Å². The molecule has 1 aliphatic heterocycles. The summed E-state index contributed by atoms with van der Waals surface area (Å²) in [6.07, 6.45) is 6.06. The molecule has 3 rings (SSSR count). The highest BCUT2D eigenvalue weighted by Crippen LogP contribution is 2.26. The van der Waals surface area contributed by atoms with Crippen molar-refractivity contribution < 1.29 is 4.73 Å². The van der Waals surface area contributed by atoms with Crippen LogP contribution in [-0.2, 0) is 12.8 Å². The van der Waals surface area contributed by atoms with E-state index in [9.17, 15) is 5.21 Å². The first-order chi connectivity index (χ1) is 11.6. The molecule has 2 aromatic rings. The molecule has 3 nitrogen and oxygen atoms in total. The molecule has 0 bridgehead atoms. The van der Waals surface area contributed by atoms with Gasteiger partial charge in [0.2, 0.25) is 0 Å². The van der Waals surface area contributed by atoms with Gasteiger partial charge in [0.25, 0.3) is 0 Å². The average Bonchev–Trinajstić information content (AvgIpc) is 2.59. The molecule has 1 aromatic heterocycles. The van der Waals surface area contributed by atoms with Crippen LogP contribution < -0.4 is 4.73 Å². The number of piperidine rings is 1. The Bertz CT molecular complexity index is 681. The molecule has 0 spiro atoms. The fourth-order valence-corrected chi connectivity index (χ4v) is 3.92. The summed E-state index contributed by atoms with van der Waals surface area (Å²) < 4.78 is 2.22. The lowest BCUT2D eigenvalue weighted by molar-refractivity contribution is -0.614. The van der Waals surface area contributed by atoms with E-state index in [1.54, 1.807) is 12.3 Å². The van der Waals surface area contributed by atoms with Crippen molar-refractivity contribution in [3.8, 4) is 0 Å². The Kier molecular flexibility index (Phi) is 5.90. The van der Waals surface area contributed by atoms with Gasteiger partial charge in [0, 0.05) is 29.6 Å². The summed E-state index contributed by atoms with van der Waals surface area (Å²) in [5.41, 5.74) is 3.63. The number of hydrogen-bond donors (Lipinski definition) is 0. The third-order valence-electron chi connectivity index (χ3n) is 5.01. The Hall–Kier alpha value is -1.39. The van der Waals surface area contributed by atoms with E-state index in [0.29, 0.717) is 0 Å². The fraction of sp³-hybridized carbons (Fsp3) is 0.450. The molecular formula is C20H25BrN2O. The Balaban J connectivity index is 1.47. The number of halogens is 1. The largest absolute Gasteiger partial charge is 0.619 e. The highest BCUT2D eigenvalue weighted by Gasteiger charge is 2.20. The third-order valence-corrected chi connectivity index (χ3v) is 5.78. The molecular weight excluding hydrogens is 364 g/mol. The maximum Gasteiger partial charge on any atom is 0.194 e. The van der Waals surface area contributed by atoms with Crippen molar-refractivity contribution in [1.29, 1.82) is 0 Å². The number of hydrogen-bond acceptors (Lipinski definition) is 2. The zero-order chi connectivity index (χ0) is 16.9. The van der Waals surface area contributed by atoms with E-state index in [0.717, 1.165) is 48.8 Å². The first kappa shape index (κ1) is 17.4. The number of rotatable bonds is 5. The molecule has 128 valence electrons. The molecule has 0 N–H and O–H groups in total. The van der Waals surface area contributed by atoms with Gasteiger partial charge in [-0.05, 0) is 56.8 Å². The minimum atomic E-state index is 0.764. The van der Waals surface area contributed by atoms with E-state index in [2.05, 4.69) is 46.0 Å². The van der Waals surface area contributed by atoms with Crippen molar-refractivity contribution in [3.63, 3.8) is 0 Å². The monoisotopic (exact) mass is 388 g/mol. The minimum Gasteiger partial charge on any atom is -0.619 e. The normalized spacial score (nSPS) is 16.4. The Morgan fingerprint density at radius 1 is 1.21 bits per heavy atom. The van der Waals surface area contributed by atoms with Crippen molar-refractivity contribution >= 4 is 15.9 Å². The number of benzene rings is 1. The molecule has 1 aromatic carbocycles. The SMILES string of the molecule is Cc1ccc(Br)c(CC2CCN(CCc3cccc[n+]3[O-])CC2)c1. The van der Waals surface area contributed by atoms with Gasteiger partial charge in [-0.15, -0.1) is 0 Å². The van der Waals surface area contributed by atoms with Crippen molar-refractivity contribution in [2.24, 2.45) is 5.92 Å². The van der Waals surface area contributed by atoms with Crippen LogP contribution in [0.15, 0.2) is 47.1 Å². The molecule has 0 amide bonds.